The van der Waals surface area contributed by atoms with Crippen molar-refractivity contribution in [1.29, 1.82) is 0 Å². The molecule has 2 aliphatic rings. The lowest BCUT2D eigenvalue weighted by Crippen LogP contribution is -2.38. The Kier molecular flexibility index (Phi) is 3.65. The van der Waals surface area contributed by atoms with Crippen molar-refractivity contribution in [2.75, 3.05) is 26.3 Å². The maximum absolute atomic E-state index is 12.7. The van der Waals surface area contributed by atoms with Gasteiger partial charge in [-0.05, 0) is 11.6 Å². The van der Waals surface area contributed by atoms with Crippen LogP contribution in [0.15, 0.2) is 24.3 Å². The summed E-state index contributed by atoms with van der Waals surface area (Å²) in [4.78, 5) is 13.4. The molecule has 0 bridgehead atoms. The molecule has 0 unspecified atom stereocenters. The summed E-state index contributed by atoms with van der Waals surface area (Å²) in [6.07, 6.45) is -4.37. The largest absolute Gasteiger partial charge is 0.481 e. The number of ether oxygens (including phenoxy) is 1. The Morgan fingerprint density at radius 3 is 2.86 bits per heavy atom. The number of hydrogen-bond acceptors (Lipinski definition) is 3. The molecule has 4 nitrogen and oxygen atoms in total. The van der Waals surface area contributed by atoms with Gasteiger partial charge in [-0.25, -0.2) is 0 Å². The number of nitrogens with zero attached hydrogens (tertiary/aromatic N) is 1. The van der Waals surface area contributed by atoms with E-state index >= 15 is 0 Å². The molecule has 7 heteroatoms. The van der Waals surface area contributed by atoms with E-state index in [-0.39, 0.29) is 12.5 Å². The van der Waals surface area contributed by atoms with Crippen LogP contribution in [0.25, 0.3) is 0 Å². The number of likely N-dealkylation sites (tertiary alicyclic amines) is 1. The molecule has 2 aliphatic heterocycles. The number of rotatable bonds is 3. The van der Waals surface area contributed by atoms with E-state index in [1.165, 1.54) is 6.07 Å². The third-order valence-electron chi connectivity index (χ3n) is 4.53. The van der Waals surface area contributed by atoms with Crippen LogP contribution in [0.5, 0.6) is 0 Å². The van der Waals surface area contributed by atoms with Crippen molar-refractivity contribution in [3.05, 3.63) is 35.4 Å². The van der Waals surface area contributed by atoms with E-state index in [0.717, 1.165) is 12.1 Å². The van der Waals surface area contributed by atoms with E-state index in [0.29, 0.717) is 31.8 Å². The van der Waals surface area contributed by atoms with Gasteiger partial charge in [0.2, 0.25) is 0 Å². The maximum atomic E-state index is 12.7. The van der Waals surface area contributed by atoms with Crippen LogP contribution in [0.1, 0.15) is 11.1 Å². The first-order chi connectivity index (χ1) is 10.3. The van der Waals surface area contributed by atoms with Gasteiger partial charge < -0.3 is 9.84 Å². The van der Waals surface area contributed by atoms with Crippen LogP contribution < -0.4 is 0 Å². The van der Waals surface area contributed by atoms with E-state index < -0.39 is 23.1 Å². The number of aliphatic carboxylic acids is 1. The normalized spacial score (nSPS) is 28.8. The summed E-state index contributed by atoms with van der Waals surface area (Å²) in [6.45, 7) is 1.72. The lowest BCUT2D eigenvalue weighted by molar-refractivity contribution is -0.149. The molecule has 2 atom stereocenters. The van der Waals surface area contributed by atoms with Gasteiger partial charge in [0.05, 0.1) is 18.8 Å². The summed E-state index contributed by atoms with van der Waals surface area (Å²) in [7, 11) is 0. The molecule has 0 amide bonds. The summed E-state index contributed by atoms with van der Waals surface area (Å²) in [5.74, 6) is -0.989. The summed E-state index contributed by atoms with van der Waals surface area (Å²) in [6, 6.07) is 5.17. The zero-order chi connectivity index (χ0) is 16.0. The number of alkyl halides is 3. The van der Waals surface area contributed by atoms with Crippen LogP contribution in [-0.2, 0) is 22.3 Å². The maximum Gasteiger partial charge on any atom is 0.416 e. The molecule has 22 heavy (non-hydrogen) atoms. The highest BCUT2D eigenvalue weighted by Crippen LogP contribution is 2.42. The highest BCUT2D eigenvalue weighted by atomic mass is 19.4. The Labute approximate surface area is 125 Å². The molecule has 1 N–H and O–H groups in total. The number of carboxylic acids is 1. The van der Waals surface area contributed by atoms with Gasteiger partial charge in [-0.1, -0.05) is 18.2 Å². The van der Waals surface area contributed by atoms with Crippen molar-refractivity contribution in [3.8, 4) is 0 Å². The van der Waals surface area contributed by atoms with E-state index in [9.17, 15) is 23.1 Å². The van der Waals surface area contributed by atoms with E-state index in [2.05, 4.69) is 0 Å². The summed E-state index contributed by atoms with van der Waals surface area (Å²) in [5.41, 5.74) is -1.06. The lowest BCUT2D eigenvalue weighted by atomic mass is 9.81. The van der Waals surface area contributed by atoms with E-state index in [4.69, 9.17) is 4.74 Å². The molecule has 0 radical (unpaired) electrons. The van der Waals surface area contributed by atoms with Gasteiger partial charge in [-0.2, -0.15) is 13.2 Å². The minimum Gasteiger partial charge on any atom is -0.481 e. The number of carbonyl (C=O) groups is 1. The fourth-order valence-corrected chi connectivity index (χ4v) is 3.37. The topological polar surface area (TPSA) is 49.8 Å². The predicted molar refractivity (Wildman–Crippen MR) is 71.1 cm³/mol. The average molecular weight is 315 g/mol. The molecule has 3 rings (SSSR count). The van der Waals surface area contributed by atoms with Gasteiger partial charge in [0.15, 0.2) is 0 Å². The van der Waals surface area contributed by atoms with Crippen molar-refractivity contribution in [2.24, 2.45) is 11.3 Å². The van der Waals surface area contributed by atoms with Crippen molar-refractivity contribution in [3.63, 3.8) is 0 Å². The second-order valence-electron chi connectivity index (χ2n) is 6.04. The number of benzene rings is 1. The third kappa shape index (κ3) is 2.59. The van der Waals surface area contributed by atoms with Gasteiger partial charge >= 0.3 is 12.1 Å². The Morgan fingerprint density at radius 2 is 2.23 bits per heavy atom. The van der Waals surface area contributed by atoms with Crippen LogP contribution in [-0.4, -0.2) is 42.3 Å². The number of fused-ring (bicyclic) bond motifs is 1. The van der Waals surface area contributed by atoms with Gasteiger partial charge in [-0.3, -0.25) is 9.69 Å². The SMILES string of the molecule is O=C(O)[C@]12COC[C@H]1CN(Cc1cccc(C(F)(F)F)c1)C2. The van der Waals surface area contributed by atoms with Crippen LogP contribution in [0.4, 0.5) is 13.2 Å². The first kappa shape index (κ1) is 15.3. The monoisotopic (exact) mass is 315 g/mol. The zero-order valence-electron chi connectivity index (χ0n) is 11.8. The van der Waals surface area contributed by atoms with Crippen molar-refractivity contribution >= 4 is 5.97 Å². The van der Waals surface area contributed by atoms with Crippen molar-refractivity contribution < 1.29 is 27.8 Å². The molecule has 2 fully saturated rings. The Bertz CT molecular complexity index is 590. The van der Waals surface area contributed by atoms with Gasteiger partial charge in [0.1, 0.15) is 5.41 Å². The average Bonchev–Trinajstić information content (AvgIpc) is 2.95. The van der Waals surface area contributed by atoms with E-state index in [1.54, 1.807) is 6.07 Å². The summed E-state index contributed by atoms with van der Waals surface area (Å²) in [5, 5.41) is 9.45. The van der Waals surface area contributed by atoms with Gasteiger partial charge in [0.25, 0.3) is 0 Å². The fourth-order valence-electron chi connectivity index (χ4n) is 3.37. The summed E-state index contributed by atoms with van der Waals surface area (Å²) < 4.78 is 43.5. The lowest BCUT2D eigenvalue weighted by Gasteiger charge is -2.22. The molecular weight excluding hydrogens is 299 g/mol. The highest BCUT2D eigenvalue weighted by Gasteiger charge is 2.56. The second-order valence-corrected chi connectivity index (χ2v) is 6.04. The third-order valence-corrected chi connectivity index (χ3v) is 4.53. The molecular formula is C15H16F3NO3. The van der Waals surface area contributed by atoms with Gasteiger partial charge in [-0.15, -0.1) is 0 Å². The standard InChI is InChI=1S/C15H16F3NO3/c16-15(17,18)11-3-1-2-10(4-11)5-19-6-12-7-22-9-14(12,8-19)13(20)21/h1-4,12H,5-9H2,(H,20,21)/t12-,14-/m1/s1. The van der Waals surface area contributed by atoms with Gasteiger partial charge in [0, 0.05) is 25.6 Å². The molecule has 1 aromatic carbocycles. The Morgan fingerprint density at radius 1 is 1.45 bits per heavy atom. The number of carboxylic acid groups (broad SMARTS) is 1. The molecule has 0 aliphatic carbocycles. The molecule has 1 aromatic rings. The van der Waals surface area contributed by atoms with Crippen molar-refractivity contribution in [1.82, 2.24) is 4.90 Å². The predicted octanol–water partition coefficient (Wildman–Crippen LogP) is 2.24. The quantitative estimate of drug-likeness (QED) is 0.929. The molecule has 120 valence electrons. The Hall–Kier alpha value is -1.60. The van der Waals surface area contributed by atoms with Crippen LogP contribution in [0.2, 0.25) is 0 Å². The second kappa shape index (κ2) is 5.24. The zero-order valence-corrected chi connectivity index (χ0v) is 11.8. The van der Waals surface area contributed by atoms with Crippen LogP contribution in [0, 0.1) is 11.3 Å². The van der Waals surface area contributed by atoms with Crippen LogP contribution in [0.3, 0.4) is 0 Å². The fraction of sp³-hybridized carbons (Fsp3) is 0.533. The molecule has 0 aromatic heterocycles. The molecule has 0 saturated carbocycles. The Balaban J connectivity index is 1.74. The number of halogens is 3. The first-order valence-corrected chi connectivity index (χ1v) is 7.01. The summed E-state index contributed by atoms with van der Waals surface area (Å²) >= 11 is 0. The molecule has 2 saturated heterocycles. The smallest absolute Gasteiger partial charge is 0.416 e. The highest BCUT2D eigenvalue weighted by molar-refractivity contribution is 5.76. The first-order valence-electron chi connectivity index (χ1n) is 7.01. The van der Waals surface area contributed by atoms with Crippen LogP contribution >= 0.6 is 0 Å². The minimum atomic E-state index is -4.37. The van der Waals surface area contributed by atoms with Crippen molar-refractivity contribution in [2.45, 2.75) is 12.7 Å². The number of hydrogen-bond donors (Lipinski definition) is 1. The molecule has 0 spiro atoms. The molecule has 2 heterocycles. The minimum absolute atomic E-state index is 0.101. The van der Waals surface area contributed by atoms with E-state index in [1.807, 2.05) is 4.90 Å².